The fourth-order valence-corrected chi connectivity index (χ4v) is 12.0. The minimum Gasteiger partial charge on any atom is -0.466 e. The molecule has 2 atom stereocenters. The minimum absolute atomic E-state index is 0.00194. The molecule has 0 bridgehead atoms. The fraction of sp³-hybridized carbons (Fsp3) is 0.852. The molecule has 0 aromatic carbocycles. The summed E-state index contributed by atoms with van der Waals surface area (Å²) in [5.41, 5.74) is 0. The lowest BCUT2D eigenvalue weighted by Crippen LogP contribution is -2.45. The van der Waals surface area contributed by atoms with Crippen LogP contribution in [-0.2, 0) is 14.3 Å². The number of esters is 1. The summed E-state index contributed by atoms with van der Waals surface area (Å²) in [5, 5.41) is 23.3. The molecule has 3 N–H and O–H groups in total. The van der Waals surface area contributed by atoms with Crippen LogP contribution in [0, 0.1) is 0 Å². The van der Waals surface area contributed by atoms with Gasteiger partial charge in [-0.1, -0.05) is 376 Å². The van der Waals surface area contributed by atoms with E-state index in [1.54, 1.807) is 6.08 Å². The molecule has 0 aliphatic carbocycles. The highest BCUT2D eigenvalue weighted by atomic mass is 16.5. The Bertz CT molecular complexity index is 1500. The van der Waals surface area contributed by atoms with E-state index in [0.29, 0.717) is 19.4 Å². The number of ether oxygens (including phenoxy) is 1. The summed E-state index contributed by atoms with van der Waals surface area (Å²) < 4.78 is 5.48. The monoisotopic (exact) mass is 1220 g/mol. The SMILES string of the molecule is CCCC/C=C\C/C=C\CCCCCCCC(=O)OCCCCCCCCCCCCC/C=C\C/C=C\CCCCCCCCCCCCCCCCCCCC(=O)NC(CO)C(O)/C=C/CCCCCCCCCCCCCCCCCCCCC. The molecule has 0 spiro atoms. The van der Waals surface area contributed by atoms with Gasteiger partial charge in [0.1, 0.15) is 0 Å². The van der Waals surface area contributed by atoms with Gasteiger partial charge in [0.05, 0.1) is 25.4 Å². The molecule has 510 valence electrons. The quantitative estimate of drug-likeness (QED) is 0.0320. The molecule has 0 aliphatic rings. The first-order chi connectivity index (χ1) is 43.0. The molecule has 0 saturated heterocycles. The zero-order valence-electron chi connectivity index (χ0n) is 58.5. The van der Waals surface area contributed by atoms with Gasteiger partial charge in [-0.05, 0) is 89.9 Å². The summed E-state index contributed by atoms with van der Waals surface area (Å²) in [7, 11) is 0. The maximum Gasteiger partial charge on any atom is 0.305 e. The predicted molar refractivity (Wildman–Crippen MR) is 384 cm³/mol. The molecule has 6 heteroatoms. The zero-order chi connectivity index (χ0) is 62.8. The van der Waals surface area contributed by atoms with E-state index in [9.17, 15) is 19.8 Å². The number of rotatable bonds is 73. The normalized spacial score (nSPS) is 12.8. The molecule has 6 nitrogen and oxygen atoms in total. The molecular weight excluding hydrogens is 1070 g/mol. The van der Waals surface area contributed by atoms with Crippen molar-refractivity contribution in [3.05, 3.63) is 60.8 Å². The third-order valence-corrected chi connectivity index (χ3v) is 18.0. The summed E-state index contributed by atoms with van der Waals surface area (Å²) in [6, 6.07) is -0.628. The summed E-state index contributed by atoms with van der Waals surface area (Å²) in [5.74, 6) is -0.0600. The Kier molecular flexibility index (Phi) is 73.9. The number of aliphatic hydroxyl groups is 2. The molecule has 0 saturated carbocycles. The van der Waals surface area contributed by atoms with Crippen molar-refractivity contribution < 1.29 is 24.5 Å². The standard InChI is InChI=1S/C81H151NO5/c1-3-5-7-9-11-13-15-17-19-20-21-37-40-43-46-49-53-57-61-65-69-73-79(84)78(77-83)82-80(85)74-70-66-62-58-54-50-47-44-41-38-35-33-31-29-27-25-23-22-24-26-28-30-32-34-36-39-42-45-48-52-56-60-64-68-72-76-87-81(86)75-71-67-63-59-55-51-18-16-14-12-10-8-6-4-2/h10,12,16,18,24,26,30,32,69,73,78-79,83-84H,3-9,11,13-15,17,19-23,25,27-29,31,33-68,70-72,74-77H2,1-2H3,(H,82,85)/b12-10-,18-16-,26-24-,32-30-,73-69+. The number of allylic oxidation sites excluding steroid dienone is 9. The topological polar surface area (TPSA) is 95.9 Å². The van der Waals surface area contributed by atoms with E-state index in [1.165, 1.54) is 334 Å². The molecule has 0 aromatic rings. The number of hydrogen-bond donors (Lipinski definition) is 3. The molecule has 0 fully saturated rings. The van der Waals surface area contributed by atoms with Crippen LogP contribution in [0.1, 0.15) is 418 Å². The van der Waals surface area contributed by atoms with E-state index >= 15 is 0 Å². The highest BCUT2D eigenvalue weighted by Crippen LogP contribution is 2.19. The Hall–Kier alpha value is -2.44. The summed E-state index contributed by atoms with van der Waals surface area (Å²) in [6.45, 7) is 4.89. The van der Waals surface area contributed by atoms with Crippen molar-refractivity contribution in [1.29, 1.82) is 0 Å². The van der Waals surface area contributed by atoms with E-state index < -0.39 is 12.1 Å². The minimum atomic E-state index is -0.845. The average Bonchev–Trinajstić information content (AvgIpc) is 3.52. The van der Waals surface area contributed by atoms with Gasteiger partial charge in [-0.3, -0.25) is 9.59 Å². The van der Waals surface area contributed by atoms with Crippen molar-refractivity contribution in [1.82, 2.24) is 5.32 Å². The average molecular weight is 1220 g/mol. The van der Waals surface area contributed by atoms with Gasteiger partial charge < -0.3 is 20.3 Å². The first-order valence-electron chi connectivity index (χ1n) is 39.1. The number of hydrogen-bond acceptors (Lipinski definition) is 5. The smallest absolute Gasteiger partial charge is 0.305 e. The van der Waals surface area contributed by atoms with Crippen molar-refractivity contribution in [3.63, 3.8) is 0 Å². The number of unbranched alkanes of at least 4 members (excludes halogenated alkanes) is 54. The second kappa shape index (κ2) is 76.0. The summed E-state index contributed by atoms with van der Waals surface area (Å²) in [6.07, 6.45) is 102. The van der Waals surface area contributed by atoms with E-state index in [0.717, 1.165) is 57.8 Å². The van der Waals surface area contributed by atoms with Crippen LogP contribution in [0.15, 0.2) is 60.8 Å². The third-order valence-electron chi connectivity index (χ3n) is 18.0. The second-order valence-electron chi connectivity index (χ2n) is 26.7. The fourth-order valence-electron chi connectivity index (χ4n) is 12.0. The molecule has 1 amide bonds. The molecule has 0 aliphatic heterocycles. The first kappa shape index (κ1) is 84.6. The lowest BCUT2D eigenvalue weighted by molar-refractivity contribution is -0.143. The van der Waals surface area contributed by atoms with Crippen LogP contribution in [0.25, 0.3) is 0 Å². The Morgan fingerprint density at radius 2 is 0.586 bits per heavy atom. The molecule has 0 radical (unpaired) electrons. The molecule has 87 heavy (non-hydrogen) atoms. The van der Waals surface area contributed by atoms with E-state index in [4.69, 9.17) is 4.74 Å². The van der Waals surface area contributed by atoms with Gasteiger partial charge >= 0.3 is 5.97 Å². The predicted octanol–water partition coefficient (Wildman–Crippen LogP) is 25.8. The molecule has 0 aromatic heterocycles. The van der Waals surface area contributed by atoms with E-state index in [1.807, 2.05) is 6.08 Å². The van der Waals surface area contributed by atoms with Crippen molar-refractivity contribution >= 4 is 11.9 Å². The Labute approximate surface area is 543 Å². The lowest BCUT2D eigenvalue weighted by atomic mass is 10.0. The highest BCUT2D eigenvalue weighted by Gasteiger charge is 2.18. The number of nitrogens with one attached hydrogen (secondary N) is 1. The van der Waals surface area contributed by atoms with Gasteiger partial charge in [0.2, 0.25) is 5.91 Å². The second-order valence-corrected chi connectivity index (χ2v) is 26.7. The van der Waals surface area contributed by atoms with Crippen LogP contribution in [0.2, 0.25) is 0 Å². The number of amides is 1. The number of carbonyl (C=O) groups is 2. The van der Waals surface area contributed by atoms with Gasteiger partial charge in [0, 0.05) is 12.8 Å². The molecular formula is C81H151NO5. The van der Waals surface area contributed by atoms with Crippen molar-refractivity contribution in [2.45, 2.75) is 431 Å². The highest BCUT2D eigenvalue weighted by molar-refractivity contribution is 5.76. The van der Waals surface area contributed by atoms with Crippen LogP contribution in [0.5, 0.6) is 0 Å². The largest absolute Gasteiger partial charge is 0.466 e. The van der Waals surface area contributed by atoms with Crippen LogP contribution >= 0.6 is 0 Å². The van der Waals surface area contributed by atoms with Gasteiger partial charge in [-0.2, -0.15) is 0 Å². The van der Waals surface area contributed by atoms with Gasteiger partial charge in [-0.25, -0.2) is 0 Å². The molecule has 0 rings (SSSR count). The van der Waals surface area contributed by atoms with Crippen molar-refractivity contribution in [2.24, 2.45) is 0 Å². The van der Waals surface area contributed by atoms with E-state index in [-0.39, 0.29) is 18.5 Å². The zero-order valence-corrected chi connectivity index (χ0v) is 58.5. The van der Waals surface area contributed by atoms with Gasteiger partial charge in [-0.15, -0.1) is 0 Å². The van der Waals surface area contributed by atoms with Crippen LogP contribution < -0.4 is 5.32 Å². The van der Waals surface area contributed by atoms with Gasteiger partial charge in [0.15, 0.2) is 0 Å². The number of aliphatic hydroxyl groups excluding tert-OH is 2. The summed E-state index contributed by atoms with van der Waals surface area (Å²) >= 11 is 0. The molecule has 0 heterocycles. The van der Waals surface area contributed by atoms with Crippen LogP contribution in [0.3, 0.4) is 0 Å². The number of carbonyl (C=O) groups excluding carboxylic acids is 2. The lowest BCUT2D eigenvalue weighted by Gasteiger charge is -2.20. The Balaban J connectivity index is 3.40. The summed E-state index contributed by atoms with van der Waals surface area (Å²) in [4.78, 5) is 24.6. The van der Waals surface area contributed by atoms with Crippen LogP contribution in [-0.4, -0.2) is 47.4 Å². The van der Waals surface area contributed by atoms with E-state index in [2.05, 4.69) is 67.8 Å². The third kappa shape index (κ3) is 72.5. The maximum atomic E-state index is 12.5. The first-order valence-corrected chi connectivity index (χ1v) is 39.1. The molecule has 2 unspecified atom stereocenters. The van der Waals surface area contributed by atoms with Crippen molar-refractivity contribution in [2.75, 3.05) is 13.2 Å². The van der Waals surface area contributed by atoms with Crippen molar-refractivity contribution in [3.8, 4) is 0 Å². The Morgan fingerprint density at radius 3 is 0.908 bits per heavy atom. The van der Waals surface area contributed by atoms with Crippen LogP contribution in [0.4, 0.5) is 0 Å². The maximum absolute atomic E-state index is 12.5. The Morgan fingerprint density at radius 1 is 0.322 bits per heavy atom. The van der Waals surface area contributed by atoms with Gasteiger partial charge in [0.25, 0.3) is 0 Å².